The number of methoxy groups -OCH3 is 1. The Kier molecular flexibility index (Phi) is 7.01. The van der Waals surface area contributed by atoms with Gasteiger partial charge in [-0.15, -0.1) is 0 Å². The number of aromatic nitrogens is 2. The van der Waals surface area contributed by atoms with Gasteiger partial charge in [-0.1, -0.05) is 30.0 Å². The summed E-state index contributed by atoms with van der Waals surface area (Å²) in [5.41, 5.74) is 0.621. The highest BCUT2D eigenvalue weighted by molar-refractivity contribution is 8.26. The van der Waals surface area contributed by atoms with Gasteiger partial charge in [0.1, 0.15) is 15.8 Å². The van der Waals surface area contributed by atoms with Crippen LogP contribution in [0.3, 0.4) is 0 Å². The number of nitrogens with zero attached hydrogens (tertiary/aromatic N) is 3. The monoisotopic (exact) mass is 460 g/mol. The van der Waals surface area contributed by atoms with E-state index in [1.54, 1.807) is 36.4 Å². The molecular weight excluding hydrogens is 436 g/mol. The molecule has 10 heteroatoms. The molecule has 0 radical (unpaired) electrons. The van der Waals surface area contributed by atoms with Crippen molar-refractivity contribution in [2.75, 3.05) is 38.7 Å². The summed E-state index contributed by atoms with van der Waals surface area (Å²) in [7, 11) is 1.62. The Morgan fingerprint density at radius 3 is 3.06 bits per heavy atom. The molecule has 1 amide bonds. The summed E-state index contributed by atoms with van der Waals surface area (Å²) in [6, 6.07) is 5.38. The molecule has 4 rings (SSSR count). The number of amides is 1. The van der Waals surface area contributed by atoms with Crippen LogP contribution in [0, 0.1) is 0 Å². The predicted octanol–water partition coefficient (Wildman–Crippen LogP) is 2.52. The molecule has 2 saturated heterocycles. The zero-order chi connectivity index (χ0) is 21.8. The van der Waals surface area contributed by atoms with Crippen molar-refractivity contribution in [1.29, 1.82) is 0 Å². The van der Waals surface area contributed by atoms with Crippen molar-refractivity contribution in [2.45, 2.75) is 25.4 Å². The standard InChI is InChI=1S/C21H24N4O4S2/c1-28-10-5-9-25-20(27)16(31-21(25)30)12-15-18(22-13-14-6-4-11-29-14)23-17-7-2-3-8-24(17)19(15)26/h2-3,7-8,12,14,22H,4-6,9-11,13H2,1H3/b16-12-/t14-/m1/s1. The van der Waals surface area contributed by atoms with Gasteiger partial charge in [0.25, 0.3) is 11.5 Å². The third kappa shape index (κ3) is 4.82. The van der Waals surface area contributed by atoms with Crippen molar-refractivity contribution >= 4 is 51.7 Å². The number of carbonyl (C=O) groups excluding carboxylic acids is 1. The van der Waals surface area contributed by atoms with Crippen LogP contribution in [-0.4, -0.2) is 64.0 Å². The van der Waals surface area contributed by atoms with E-state index in [2.05, 4.69) is 10.3 Å². The first-order valence-electron chi connectivity index (χ1n) is 10.2. The topological polar surface area (TPSA) is 85.2 Å². The number of hydrogen-bond donors (Lipinski definition) is 1. The van der Waals surface area contributed by atoms with E-state index in [9.17, 15) is 9.59 Å². The molecule has 2 aliphatic heterocycles. The van der Waals surface area contributed by atoms with Gasteiger partial charge in [0.2, 0.25) is 0 Å². The average Bonchev–Trinajstić information content (AvgIpc) is 3.38. The van der Waals surface area contributed by atoms with Gasteiger partial charge in [0.15, 0.2) is 0 Å². The fraction of sp³-hybridized carbons (Fsp3) is 0.429. The molecule has 31 heavy (non-hydrogen) atoms. The lowest BCUT2D eigenvalue weighted by atomic mass is 10.2. The normalized spacial score (nSPS) is 20.4. The van der Waals surface area contributed by atoms with Gasteiger partial charge in [-0.3, -0.25) is 18.9 Å². The van der Waals surface area contributed by atoms with Gasteiger partial charge in [0.05, 0.1) is 16.6 Å². The van der Waals surface area contributed by atoms with Crippen molar-refractivity contribution < 1.29 is 14.3 Å². The number of thiocarbonyl (C=S) groups is 1. The number of carbonyl (C=O) groups is 1. The molecule has 0 aliphatic carbocycles. The van der Waals surface area contributed by atoms with E-state index in [4.69, 9.17) is 21.7 Å². The van der Waals surface area contributed by atoms with E-state index < -0.39 is 0 Å². The summed E-state index contributed by atoms with van der Waals surface area (Å²) in [5, 5.41) is 3.26. The first kappa shape index (κ1) is 21.9. The Balaban J connectivity index is 1.67. The third-order valence-electron chi connectivity index (χ3n) is 5.17. The second-order valence-electron chi connectivity index (χ2n) is 7.30. The fourth-order valence-electron chi connectivity index (χ4n) is 3.57. The van der Waals surface area contributed by atoms with Gasteiger partial charge in [-0.2, -0.15) is 0 Å². The second-order valence-corrected chi connectivity index (χ2v) is 8.98. The van der Waals surface area contributed by atoms with Crippen LogP contribution in [0.4, 0.5) is 5.82 Å². The zero-order valence-electron chi connectivity index (χ0n) is 17.2. The Labute approximate surface area is 189 Å². The van der Waals surface area contributed by atoms with Crippen LogP contribution in [-0.2, 0) is 14.3 Å². The molecule has 2 aliphatic rings. The van der Waals surface area contributed by atoms with E-state index >= 15 is 0 Å². The van der Waals surface area contributed by atoms with Crippen LogP contribution >= 0.6 is 24.0 Å². The van der Waals surface area contributed by atoms with Gasteiger partial charge in [-0.05, 0) is 37.5 Å². The van der Waals surface area contributed by atoms with Gasteiger partial charge in [0, 0.05) is 39.6 Å². The lowest BCUT2D eigenvalue weighted by Crippen LogP contribution is -2.29. The predicted molar refractivity (Wildman–Crippen MR) is 125 cm³/mol. The summed E-state index contributed by atoms with van der Waals surface area (Å²) < 4.78 is 12.7. The summed E-state index contributed by atoms with van der Waals surface area (Å²) in [5.74, 6) is 0.241. The largest absolute Gasteiger partial charge is 0.385 e. The maximum Gasteiger partial charge on any atom is 0.267 e. The van der Waals surface area contributed by atoms with Crippen LogP contribution in [0.15, 0.2) is 34.1 Å². The number of rotatable bonds is 8. The van der Waals surface area contributed by atoms with E-state index in [1.807, 2.05) is 6.07 Å². The van der Waals surface area contributed by atoms with Crippen LogP contribution in [0.25, 0.3) is 11.7 Å². The lowest BCUT2D eigenvalue weighted by molar-refractivity contribution is -0.122. The van der Waals surface area contributed by atoms with Gasteiger partial charge < -0.3 is 14.8 Å². The third-order valence-corrected chi connectivity index (χ3v) is 6.55. The van der Waals surface area contributed by atoms with Crippen LogP contribution in [0.2, 0.25) is 0 Å². The molecule has 0 aromatic carbocycles. The number of anilines is 1. The summed E-state index contributed by atoms with van der Waals surface area (Å²) in [6.07, 6.45) is 6.03. The Morgan fingerprint density at radius 1 is 1.42 bits per heavy atom. The zero-order valence-corrected chi connectivity index (χ0v) is 18.8. The summed E-state index contributed by atoms with van der Waals surface area (Å²) in [4.78, 5) is 32.7. The van der Waals surface area contributed by atoms with Crippen molar-refractivity contribution in [3.05, 3.63) is 45.2 Å². The smallest absolute Gasteiger partial charge is 0.267 e. The number of pyridine rings is 1. The number of thioether (sulfide) groups is 1. The molecule has 0 saturated carbocycles. The molecule has 2 aromatic rings. The highest BCUT2D eigenvalue weighted by atomic mass is 32.2. The summed E-state index contributed by atoms with van der Waals surface area (Å²) >= 11 is 6.58. The number of nitrogens with one attached hydrogen (secondary N) is 1. The minimum atomic E-state index is -0.245. The van der Waals surface area contributed by atoms with E-state index in [0.29, 0.717) is 52.4 Å². The van der Waals surface area contributed by atoms with Crippen molar-refractivity contribution in [2.24, 2.45) is 0 Å². The molecule has 0 unspecified atom stereocenters. The Bertz CT molecular complexity index is 1080. The van der Waals surface area contributed by atoms with E-state index in [0.717, 1.165) is 19.4 Å². The molecule has 1 N–H and O–H groups in total. The first-order valence-corrected chi connectivity index (χ1v) is 11.4. The Morgan fingerprint density at radius 2 is 2.29 bits per heavy atom. The number of ether oxygens (including phenoxy) is 2. The maximum absolute atomic E-state index is 13.2. The van der Waals surface area contributed by atoms with Gasteiger partial charge >= 0.3 is 0 Å². The molecule has 164 valence electrons. The fourth-order valence-corrected chi connectivity index (χ4v) is 4.86. The quantitative estimate of drug-likeness (QED) is 0.366. The lowest BCUT2D eigenvalue weighted by Gasteiger charge is -2.14. The second kappa shape index (κ2) is 9.90. The van der Waals surface area contributed by atoms with Crippen molar-refractivity contribution in [1.82, 2.24) is 14.3 Å². The van der Waals surface area contributed by atoms with E-state index in [-0.39, 0.29) is 17.6 Å². The SMILES string of the molecule is COCCCN1C(=O)/C(=C/c2c(NC[C@H]3CCCO3)nc3ccccn3c2=O)SC1=S. The molecule has 4 heterocycles. The molecule has 0 bridgehead atoms. The van der Waals surface area contributed by atoms with E-state index in [1.165, 1.54) is 16.2 Å². The molecule has 1 atom stereocenters. The average molecular weight is 461 g/mol. The molecule has 2 fully saturated rings. The summed E-state index contributed by atoms with van der Waals surface area (Å²) in [6.45, 7) is 2.32. The Hall–Kier alpha value is -2.27. The maximum atomic E-state index is 13.2. The molecule has 8 nitrogen and oxygen atoms in total. The van der Waals surface area contributed by atoms with Crippen LogP contribution in [0.5, 0.6) is 0 Å². The minimum Gasteiger partial charge on any atom is -0.385 e. The highest BCUT2D eigenvalue weighted by Crippen LogP contribution is 2.33. The number of hydrogen-bond acceptors (Lipinski definition) is 8. The van der Waals surface area contributed by atoms with Gasteiger partial charge in [-0.25, -0.2) is 4.98 Å². The number of fused-ring (bicyclic) bond motifs is 1. The minimum absolute atomic E-state index is 0.0860. The van der Waals surface area contributed by atoms with Crippen molar-refractivity contribution in [3.8, 4) is 0 Å². The van der Waals surface area contributed by atoms with Crippen LogP contribution in [0.1, 0.15) is 24.8 Å². The first-order chi connectivity index (χ1) is 15.1. The highest BCUT2D eigenvalue weighted by Gasteiger charge is 2.32. The molecule has 0 spiro atoms. The van der Waals surface area contributed by atoms with Crippen molar-refractivity contribution in [3.63, 3.8) is 0 Å². The molecule has 2 aromatic heterocycles. The van der Waals surface area contributed by atoms with Crippen LogP contribution < -0.4 is 10.9 Å². The molecular formula is C21H24N4O4S2.